The van der Waals surface area contributed by atoms with Crippen LogP contribution in [-0.2, 0) is 4.74 Å². The Morgan fingerprint density at radius 3 is 2.76 bits per heavy atom. The molecule has 4 rings (SSSR count). The molecule has 0 aliphatic carbocycles. The van der Waals surface area contributed by atoms with Crippen molar-refractivity contribution < 1.29 is 23.8 Å². The Labute approximate surface area is 171 Å². The Bertz CT molecular complexity index is 1050. The van der Waals surface area contributed by atoms with Gasteiger partial charge in [-0.15, -0.1) is 11.3 Å². The zero-order valence-electron chi connectivity index (χ0n) is 15.7. The van der Waals surface area contributed by atoms with E-state index < -0.39 is 5.97 Å². The number of ether oxygens (including phenoxy) is 3. The van der Waals surface area contributed by atoms with Crippen LogP contribution in [0, 0.1) is 6.92 Å². The number of aromatic nitrogens is 2. The standard InChI is InChI=1S/C21H18N2O5S/c1-13-19(29-20(23-13)15-5-2-3-8-22-15)21(25)28-12-16(24)14-6-7-17-18(11-14)27-10-4-9-26-17/h2-3,5-8,11H,4,9-10,12H2,1H3. The van der Waals surface area contributed by atoms with Gasteiger partial charge < -0.3 is 14.2 Å². The number of ketones is 1. The van der Waals surface area contributed by atoms with Gasteiger partial charge in [0, 0.05) is 18.2 Å². The highest BCUT2D eigenvalue weighted by Crippen LogP contribution is 2.31. The minimum atomic E-state index is -0.579. The monoisotopic (exact) mass is 410 g/mol. The number of thiazole rings is 1. The van der Waals surface area contributed by atoms with Crippen molar-refractivity contribution in [3.8, 4) is 22.2 Å². The summed E-state index contributed by atoms with van der Waals surface area (Å²) >= 11 is 1.19. The van der Waals surface area contributed by atoms with Crippen molar-refractivity contribution in [2.75, 3.05) is 19.8 Å². The van der Waals surface area contributed by atoms with Crippen LogP contribution in [0.25, 0.3) is 10.7 Å². The van der Waals surface area contributed by atoms with Crippen LogP contribution in [0.5, 0.6) is 11.5 Å². The molecule has 7 nitrogen and oxygen atoms in total. The molecule has 1 aliphatic heterocycles. The molecule has 148 valence electrons. The highest BCUT2D eigenvalue weighted by molar-refractivity contribution is 7.17. The van der Waals surface area contributed by atoms with Crippen LogP contribution in [-0.4, -0.2) is 41.5 Å². The summed E-state index contributed by atoms with van der Waals surface area (Å²) in [6.07, 6.45) is 2.45. The van der Waals surface area contributed by atoms with E-state index in [-0.39, 0.29) is 12.4 Å². The van der Waals surface area contributed by atoms with Crippen molar-refractivity contribution >= 4 is 23.1 Å². The van der Waals surface area contributed by atoms with E-state index in [4.69, 9.17) is 14.2 Å². The summed E-state index contributed by atoms with van der Waals surface area (Å²) < 4.78 is 16.4. The van der Waals surface area contributed by atoms with E-state index in [2.05, 4.69) is 9.97 Å². The number of hydrogen-bond acceptors (Lipinski definition) is 8. The first kappa shape index (κ1) is 19.1. The summed E-state index contributed by atoms with van der Waals surface area (Å²) in [5.41, 5.74) is 1.63. The fraction of sp³-hybridized carbons (Fsp3) is 0.238. The van der Waals surface area contributed by atoms with Gasteiger partial charge in [-0.05, 0) is 37.3 Å². The van der Waals surface area contributed by atoms with E-state index in [0.717, 1.165) is 6.42 Å². The van der Waals surface area contributed by atoms with Crippen molar-refractivity contribution in [1.29, 1.82) is 0 Å². The summed E-state index contributed by atoms with van der Waals surface area (Å²) in [7, 11) is 0. The van der Waals surface area contributed by atoms with Crippen molar-refractivity contribution in [3.05, 3.63) is 58.7 Å². The first-order valence-corrected chi connectivity index (χ1v) is 9.92. The highest BCUT2D eigenvalue weighted by atomic mass is 32.1. The minimum absolute atomic E-state index is 0.318. The molecule has 0 unspecified atom stereocenters. The second-order valence-electron chi connectivity index (χ2n) is 6.36. The maximum atomic E-state index is 12.5. The molecule has 0 fully saturated rings. The quantitative estimate of drug-likeness (QED) is 0.468. The van der Waals surface area contributed by atoms with Gasteiger partial charge >= 0.3 is 5.97 Å². The lowest BCUT2D eigenvalue weighted by molar-refractivity contribution is 0.0478. The van der Waals surface area contributed by atoms with E-state index in [0.29, 0.717) is 51.5 Å². The molecule has 0 amide bonds. The molecule has 0 saturated heterocycles. The molecule has 3 heterocycles. The molecule has 8 heteroatoms. The Hall–Kier alpha value is -3.26. The first-order chi connectivity index (χ1) is 14.1. The van der Waals surface area contributed by atoms with Crippen molar-refractivity contribution in [2.24, 2.45) is 0 Å². The lowest BCUT2D eigenvalue weighted by atomic mass is 10.1. The van der Waals surface area contributed by atoms with Crippen LogP contribution in [0.2, 0.25) is 0 Å². The Morgan fingerprint density at radius 2 is 1.97 bits per heavy atom. The molecule has 1 aliphatic rings. The van der Waals surface area contributed by atoms with Gasteiger partial charge in [0.1, 0.15) is 9.88 Å². The maximum Gasteiger partial charge on any atom is 0.350 e. The predicted molar refractivity (Wildman–Crippen MR) is 107 cm³/mol. The van der Waals surface area contributed by atoms with E-state index in [9.17, 15) is 9.59 Å². The molecule has 29 heavy (non-hydrogen) atoms. The topological polar surface area (TPSA) is 87.6 Å². The number of hydrogen-bond donors (Lipinski definition) is 0. The SMILES string of the molecule is Cc1nc(-c2ccccn2)sc1C(=O)OCC(=O)c1ccc2c(c1)OCCCO2. The van der Waals surface area contributed by atoms with Crippen LogP contribution in [0.4, 0.5) is 0 Å². The third-order valence-electron chi connectivity index (χ3n) is 4.27. The number of aryl methyl sites for hydroxylation is 1. The van der Waals surface area contributed by atoms with Gasteiger partial charge in [0.2, 0.25) is 0 Å². The fourth-order valence-electron chi connectivity index (χ4n) is 2.80. The number of benzene rings is 1. The summed E-state index contributed by atoms with van der Waals surface area (Å²) in [5.74, 6) is 0.238. The van der Waals surface area contributed by atoms with Crippen molar-refractivity contribution in [2.45, 2.75) is 13.3 Å². The number of nitrogens with zero attached hydrogens (tertiary/aromatic N) is 2. The number of rotatable bonds is 5. The zero-order valence-corrected chi connectivity index (χ0v) is 16.5. The van der Waals surface area contributed by atoms with Crippen LogP contribution in [0.3, 0.4) is 0 Å². The molecular formula is C21H18N2O5S. The third kappa shape index (κ3) is 4.27. The van der Waals surface area contributed by atoms with Gasteiger partial charge in [0.15, 0.2) is 23.9 Å². The van der Waals surface area contributed by atoms with E-state index in [1.807, 2.05) is 18.2 Å². The number of carbonyl (C=O) groups is 2. The fourth-order valence-corrected chi connectivity index (χ4v) is 3.74. The molecule has 1 aromatic carbocycles. The number of carbonyl (C=O) groups excluding carboxylic acids is 2. The Balaban J connectivity index is 1.43. The summed E-state index contributed by atoms with van der Waals surface area (Å²) in [5, 5.41) is 0.629. The molecule has 0 radical (unpaired) electrons. The van der Waals surface area contributed by atoms with Gasteiger partial charge in [-0.25, -0.2) is 9.78 Å². The number of fused-ring (bicyclic) bond motifs is 1. The summed E-state index contributed by atoms with van der Waals surface area (Å²) in [4.78, 5) is 33.9. The Morgan fingerprint density at radius 1 is 1.14 bits per heavy atom. The number of pyridine rings is 1. The smallest absolute Gasteiger partial charge is 0.350 e. The van der Waals surface area contributed by atoms with E-state index >= 15 is 0 Å². The van der Waals surface area contributed by atoms with Crippen LogP contribution in [0.15, 0.2) is 42.6 Å². The second kappa shape index (κ2) is 8.40. The molecule has 0 saturated carbocycles. The molecule has 3 aromatic rings. The summed E-state index contributed by atoms with van der Waals surface area (Å²) in [6, 6.07) is 10.4. The molecule has 0 N–H and O–H groups in total. The average molecular weight is 410 g/mol. The number of esters is 1. The van der Waals surface area contributed by atoms with Crippen molar-refractivity contribution in [3.63, 3.8) is 0 Å². The Kier molecular flexibility index (Phi) is 5.53. The molecule has 0 spiro atoms. The normalized spacial score (nSPS) is 12.9. The average Bonchev–Trinajstić information content (AvgIpc) is 2.99. The van der Waals surface area contributed by atoms with Gasteiger partial charge in [0.25, 0.3) is 0 Å². The van der Waals surface area contributed by atoms with Crippen LogP contribution < -0.4 is 9.47 Å². The first-order valence-electron chi connectivity index (χ1n) is 9.10. The van der Waals surface area contributed by atoms with Gasteiger partial charge in [-0.1, -0.05) is 6.07 Å². The van der Waals surface area contributed by atoms with Gasteiger partial charge in [-0.3, -0.25) is 9.78 Å². The predicted octanol–water partition coefficient (Wildman–Crippen LogP) is 3.71. The molecule has 2 aromatic heterocycles. The molecule has 0 bridgehead atoms. The van der Waals surface area contributed by atoms with Gasteiger partial charge in [0.05, 0.1) is 24.6 Å². The largest absolute Gasteiger partial charge is 0.490 e. The summed E-state index contributed by atoms with van der Waals surface area (Å²) in [6.45, 7) is 2.47. The van der Waals surface area contributed by atoms with Crippen molar-refractivity contribution in [1.82, 2.24) is 9.97 Å². The van der Waals surface area contributed by atoms with Gasteiger partial charge in [-0.2, -0.15) is 0 Å². The highest BCUT2D eigenvalue weighted by Gasteiger charge is 2.20. The lowest BCUT2D eigenvalue weighted by Gasteiger charge is -2.09. The zero-order chi connectivity index (χ0) is 20.2. The molecule has 0 atom stereocenters. The lowest BCUT2D eigenvalue weighted by Crippen LogP contribution is -2.14. The molecular weight excluding hydrogens is 392 g/mol. The maximum absolute atomic E-state index is 12.5. The minimum Gasteiger partial charge on any atom is -0.490 e. The van der Waals surface area contributed by atoms with Crippen LogP contribution in [0.1, 0.15) is 32.1 Å². The second-order valence-corrected chi connectivity index (χ2v) is 7.36. The number of Topliss-reactive ketones (excluding diaryl/α,β-unsaturated/α-hetero) is 1. The third-order valence-corrected chi connectivity index (χ3v) is 5.43. The van der Waals surface area contributed by atoms with E-state index in [1.54, 1.807) is 31.3 Å². The van der Waals surface area contributed by atoms with Crippen LogP contribution >= 0.6 is 11.3 Å². The van der Waals surface area contributed by atoms with E-state index in [1.165, 1.54) is 11.3 Å².